The van der Waals surface area contributed by atoms with Crippen LogP contribution in [0, 0.1) is 19.7 Å². The Morgan fingerprint density at radius 2 is 1.86 bits per heavy atom. The number of benzene rings is 2. The number of hydrogen-bond donors (Lipinski definition) is 1. The second kappa shape index (κ2) is 5.76. The second-order valence-electron chi connectivity index (χ2n) is 5.61. The Morgan fingerprint density at radius 1 is 1.10 bits per heavy atom. The minimum Gasteiger partial charge on any atom is -0.493 e. The fraction of sp³-hybridized carbons (Fsp3) is 0.333. The van der Waals surface area contributed by atoms with E-state index in [1.807, 2.05) is 19.1 Å². The highest BCUT2D eigenvalue weighted by molar-refractivity contribution is 5.55. The summed E-state index contributed by atoms with van der Waals surface area (Å²) in [4.78, 5) is 0. The molecule has 3 heteroatoms. The summed E-state index contributed by atoms with van der Waals surface area (Å²) >= 11 is 0. The lowest BCUT2D eigenvalue weighted by atomic mass is 9.99. The molecule has 0 saturated heterocycles. The van der Waals surface area contributed by atoms with Crippen LogP contribution >= 0.6 is 0 Å². The van der Waals surface area contributed by atoms with Crippen LogP contribution in [-0.2, 0) is 0 Å². The third-order valence-corrected chi connectivity index (χ3v) is 4.04. The molecule has 3 rings (SSSR count). The van der Waals surface area contributed by atoms with E-state index >= 15 is 0 Å². The molecule has 1 N–H and O–H groups in total. The van der Waals surface area contributed by atoms with E-state index in [0.29, 0.717) is 12.3 Å². The normalized spacial score (nSPS) is 17.6. The fourth-order valence-electron chi connectivity index (χ4n) is 2.90. The highest BCUT2D eigenvalue weighted by Gasteiger charge is 2.22. The van der Waals surface area contributed by atoms with Crippen molar-refractivity contribution in [2.45, 2.75) is 32.7 Å². The van der Waals surface area contributed by atoms with Crippen LogP contribution in [0.2, 0.25) is 0 Å². The Morgan fingerprint density at radius 3 is 2.67 bits per heavy atom. The summed E-state index contributed by atoms with van der Waals surface area (Å²) in [6, 6.07) is 11.4. The van der Waals surface area contributed by atoms with E-state index in [4.69, 9.17) is 4.74 Å². The molecule has 0 aliphatic carbocycles. The molecule has 1 unspecified atom stereocenters. The summed E-state index contributed by atoms with van der Waals surface area (Å²) in [5.74, 6) is 0.746. The molecule has 2 aromatic rings. The topological polar surface area (TPSA) is 21.3 Å². The van der Waals surface area contributed by atoms with Crippen LogP contribution in [0.3, 0.4) is 0 Å². The van der Waals surface area contributed by atoms with Gasteiger partial charge in [0.1, 0.15) is 11.6 Å². The Balaban J connectivity index is 1.98. The number of aryl methyl sites for hydroxylation is 2. The van der Waals surface area contributed by atoms with Crippen molar-refractivity contribution in [3.8, 4) is 5.75 Å². The summed E-state index contributed by atoms with van der Waals surface area (Å²) in [5.41, 5.74) is 3.77. The van der Waals surface area contributed by atoms with Crippen LogP contribution in [0.5, 0.6) is 5.75 Å². The van der Waals surface area contributed by atoms with Crippen molar-refractivity contribution >= 4 is 5.69 Å². The lowest BCUT2D eigenvalue weighted by Crippen LogP contribution is -2.12. The maximum absolute atomic E-state index is 14.1. The largest absolute Gasteiger partial charge is 0.493 e. The van der Waals surface area contributed by atoms with Gasteiger partial charge >= 0.3 is 0 Å². The van der Waals surface area contributed by atoms with E-state index < -0.39 is 0 Å². The lowest BCUT2D eigenvalue weighted by molar-refractivity contribution is 0.314. The van der Waals surface area contributed by atoms with Crippen LogP contribution in [0.25, 0.3) is 0 Å². The Bertz CT molecular complexity index is 633. The van der Waals surface area contributed by atoms with Crippen molar-refractivity contribution < 1.29 is 9.13 Å². The van der Waals surface area contributed by atoms with E-state index in [9.17, 15) is 4.39 Å². The fourth-order valence-corrected chi connectivity index (χ4v) is 2.90. The van der Waals surface area contributed by atoms with Crippen LogP contribution < -0.4 is 10.1 Å². The summed E-state index contributed by atoms with van der Waals surface area (Å²) in [5, 5.41) is 3.39. The van der Waals surface area contributed by atoms with Crippen molar-refractivity contribution in [3.05, 3.63) is 58.9 Å². The molecule has 2 aromatic carbocycles. The Labute approximate surface area is 125 Å². The molecule has 0 aromatic heterocycles. The monoisotopic (exact) mass is 285 g/mol. The molecule has 1 aliphatic rings. The Kier molecular flexibility index (Phi) is 3.82. The molecule has 2 nitrogen and oxygen atoms in total. The van der Waals surface area contributed by atoms with Gasteiger partial charge in [-0.15, -0.1) is 0 Å². The molecule has 21 heavy (non-hydrogen) atoms. The molecule has 1 heterocycles. The van der Waals surface area contributed by atoms with Gasteiger partial charge < -0.3 is 10.1 Å². The third kappa shape index (κ3) is 2.73. The van der Waals surface area contributed by atoms with Crippen LogP contribution in [-0.4, -0.2) is 6.61 Å². The van der Waals surface area contributed by atoms with Crippen molar-refractivity contribution in [1.29, 1.82) is 0 Å². The van der Waals surface area contributed by atoms with Gasteiger partial charge in [0.2, 0.25) is 0 Å². The summed E-state index contributed by atoms with van der Waals surface area (Å²) in [7, 11) is 0. The standard InChI is InChI=1S/C18H20FNO/c1-12-6-4-9-15(19)17(12)20-16-10-5-11-21-18-13(2)7-3-8-14(16)18/h3-4,6-9,16,20H,5,10-11H2,1-2H3. The van der Waals surface area contributed by atoms with Gasteiger partial charge in [0.25, 0.3) is 0 Å². The summed E-state index contributed by atoms with van der Waals surface area (Å²) in [6.07, 6.45) is 1.89. The average molecular weight is 285 g/mol. The van der Waals surface area contributed by atoms with E-state index in [1.54, 1.807) is 6.07 Å². The number of rotatable bonds is 2. The van der Waals surface area contributed by atoms with Gasteiger partial charge in [-0.05, 0) is 43.9 Å². The maximum atomic E-state index is 14.1. The molecule has 0 saturated carbocycles. The predicted molar refractivity (Wildman–Crippen MR) is 83.4 cm³/mol. The SMILES string of the molecule is Cc1cccc(F)c1NC1CCCOc2c(C)cccc21. The van der Waals surface area contributed by atoms with Gasteiger partial charge in [-0.2, -0.15) is 0 Å². The molecule has 0 bridgehead atoms. The Hall–Kier alpha value is -2.03. The molecule has 0 fully saturated rings. The molecule has 1 atom stereocenters. The van der Waals surface area contributed by atoms with Crippen LogP contribution in [0.15, 0.2) is 36.4 Å². The highest BCUT2D eigenvalue weighted by Crippen LogP contribution is 2.37. The molecule has 0 radical (unpaired) electrons. The minimum atomic E-state index is -0.200. The van der Waals surface area contributed by atoms with E-state index in [2.05, 4.69) is 24.4 Å². The van der Waals surface area contributed by atoms with E-state index in [-0.39, 0.29) is 11.9 Å². The first-order valence-electron chi connectivity index (χ1n) is 7.41. The van der Waals surface area contributed by atoms with Gasteiger partial charge in [-0.25, -0.2) is 4.39 Å². The lowest BCUT2D eigenvalue weighted by Gasteiger charge is -2.22. The zero-order valence-electron chi connectivity index (χ0n) is 12.4. The number of halogens is 1. The molecular formula is C18H20FNO. The van der Waals surface area contributed by atoms with Crippen molar-refractivity contribution in [2.24, 2.45) is 0 Å². The van der Waals surface area contributed by atoms with Crippen LogP contribution in [0.1, 0.15) is 35.6 Å². The smallest absolute Gasteiger partial charge is 0.146 e. The summed E-state index contributed by atoms with van der Waals surface area (Å²) in [6.45, 7) is 4.69. The number of fused-ring (bicyclic) bond motifs is 1. The van der Waals surface area contributed by atoms with Gasteiger partial charge in [0.15, 0.2) is 0 Å². The zero-order chi connectivity index (χ0) is 14.8. The maximum Gasteiger partial charge on any atom is 0.146 e. The molecule has 0 spiro atoms. The van der Waals surface area contributed by atoms with Crippen molar-refractivity contribution in [1.82, 2.24) is 0 Å². The van der Waals surface area contributed by atoms with Crippen LogP contribution in [0.4, 0.5) is 10.1 Å². The van der Waals surface area contributed by atoms with Gasteiger partial charge in [0, 0.05) is 5.56 Å². The number of ether oxygens (including phenoxy) is 1. The number of hydrogen-bond acceptors (Lipinski definition) is 2. The highest BCUT2D eigenvalue weighted by atomic mass is 19.1. The number of anilines is 1. The molecule has 110 valence electrons. The number of para-hydroxylation sites is 2. The molecule has 1 aliphatic heterocycles. The van der Waals surface area contributed by atoms with E-state index in [1.165, 1.54) is 6.07 Å². The quantitative estimate of drug-likeness (QED) is 0.858. The number of nitrogens with one attached hydrogen (secondary N) is 1. The van der Waals surface area contributed by atoms with Crippen molar-refractivity contribution in [3.63, 3.8) is 0 Å². The first kappa shape index (κ1) is 13.9. The predicted octanol–water partition coefficient (Wildman–Crippen LogP) is 4.77. The van der Waals surface area contributed by atoms with Crippen molar-refractivity contribution in [2.75, 3.05) is 11.9 Å². The average Bonchev–Trinajstić information content (AvgIpc) is 2.67. The van der Waals surface area contributed by atoms with Gasteiger partial charge in [0.05, 0.1) is 18.3 Å². The third-order valence-electron chi connectivity index (χ3n) is 4.04. The van der Waals surface area contributed by atoms with Gasteiger partial charge in [-0.1, -0.05) is 30.3 Å². The minimum absolute atomic E-state index is 0.0815. The first-order valence-corrected chi connectivity index (χ1v) is 7.41. The zero-order valence-corrected chi connectivity index (χ0v) is 12.4. The molecule has 0 amide bonds. The first-order chi connectivity index (χ1) is 10.2. The van der Waals surface area contributed by atoms with E-state index in [0.717, 1.165) is 35.3 Å². The molecular weight excluding hydrogens is 265 g/mol. The van der Waals surface area contributed by atoms with Gasteiger partial charge in [-0.3, -0.25) is 0 Å². The summed E-state index contributed by atoms with van der Waals surface area (Å²) < 4.78 is 19.9. The second-order valence-corrected chi connectivity index (χ2v) is 5.61.